The van der Waals surface area contributed by atoms with E-state index in [1.54, 1.807) is 13.8 Å². The summed E-state index contributed by atoms with van der Waals surface area (Å²) < 4.78 is 0. The second kappa shape index (κ2) is 5.49. The third kappa shape index (κ3) is 5.17. The van der Waals surface area contributed by atoms with Crippen molar-refractivity contribution in [3.05, 3.63) is 0 Å². The van der Waals surface area contributed by atoms with E-state index >= 15 is 0 Å². The predicted molar refractivity (Wildman–Crippen MR) is 36.0 cm³/mol. The quantitative estimate of drug-likeness (QED) is 0.528. The van der Waals surface area contributed by atoms with Crippen LogP contribution in [-0.2, 0) is 9.59 Å². The van der Waals surface area contributed by atoms with Crippen molar-refractivity contribution in [2.45, 2.75) is 13.8 Å². The Kier molecular flexibility index (Phi) is 7.56. The molecular formula is C5H10BaO3. The summed E-state index contributed by atoms with van der Waals surface area (Å²) in [6.45, 7) is 3.10. The summed E-state index contributed by atoms with van der Waals surface area (Å²) in [6, 6.07) is 0. The molecule has 0 atom stereocenters. The number of carbonyl (C=O) groups is 2. The first kappa shape index (κ1) is 12.4. The Morgan fingerprint density at radius 1 is 1.33 bits per heavy atom. The topological polar surface area (TPSA) is 54.4 Å². The molecule has 0 rings (SSSR count). The first-order chi connectivity index (χ1) is 3.55. The number of carbonyl (C=O) groups excluding carboxylic acids is 1. The van der Waals surface area contributed by atoms with Gasteiger partial charge in [0.15, 0.2) is 0 Å². The molecule has 0 heterocycles. The number of Topliss-reactive ketones (excluding diaryl/α,β-unsaturated/α-hetero) is 1. The summed E-state index contributed by atoms with van der Waals surface area (Å²) in [5.41, 5.74) is 0. The van der Waals surface area contributed by atoms with E-state index in [0.29, 0.717) is 0 Å². The van der Waals surface area contributed by atoms with Crippen molar-refractivity contribution in [3.63, 3.8) is 0 Å². The molecule has 0 spiro atoms. The Morgan fingerprint density at radius 3 is 1.67 bits per heavy atom. The minimum atomic E-state index is -1.35. The molecule has 0 aliphatic heterocycles. The maximum atomic E-state index is 10.2. The third-order valence-electron chi connectivity index (χ3n) is 0.735. The molecule has 0 fully saturated rings. The van der Waals surface area contributed by atoms with Gasteiger partial charge in [-0.2, -0.15) is 0 Å². The number of carboxylic acids is 1. The van der Waals surface area contributed by atoms with Gasteiger partial charge in [0.1, 0.15) is 0 Å². The van der Waals surface area contributed by atoms with Crippen LogP contribution < -0.4 is 0 Å². The van der Waals surface area contributed by atoms with E-state index in [4.69, 9.17) is 5.11 Å². The number of hydrogen-bond acceptors (Lipinski definition) is 2. The van der Waals surface area contributed by atoms with Crippen LogP contribution in [0.1, 0.15) is 13.8 Å². The summed E-state index contributed by atoms with van der Waals surface area (Å²) in [5.74, 6) is -2.47. The summed E-state index contributed by atoms with van der Waals surface area (Å²) >= 11 is 0. The van der Waals surface area contributed by atoms with Gasteiger partial charge in [-0.1, -0.05) is 13.8 Å². The van der Waals surface area contributed by atoms with Crippen molar-refractivity contribution in [1.29, 1.82) is 0 Å². The molecule has 3 nitrogen and oxygen atoms in total. The number of hydrogen-bond donors (Lipinski definition) is 1. The van der Waals surface area contributed by atoms with Crippen LogP contribution in [0.3, 0.4) is 0 Å². The molecule has 0 aliphatic carbocycles. The molecular weight excluding hydrogens is 245 g/mol. The minimum absolute atomic E-state index is 0. The third-order valence-corrected chi connectivity index (χ3v) is 0.735. The van der Waals surface area contributed by atoms with Gasteiger partial charge >= 0.3 is 54.9 Å². The summed E-state index contributed by atoms with van der Waals surface area (Å²) in [6.07, 6.45) is 0. The van der Waals surface area contributed by atoms with E-state index in [9.17, 15) is 9.59 Å². The second-order valence-corrected chi connectivity index (χ2v) is 1.82. The molecule has 0 aromatic heterocycles. The van der Waals surface area contributed by atoms with Gasteiger partial charge in [-0.3, -0.25) is 4.79 Å². The Morgan fingerprint density at radius 2 is 1.67 bits per heavy atom. The van der Waals surface area contributed by atoms with E-state index in [1.807, 2.05) is 0 Å². The van der Waals surface area contributed by atoms with Crippen LogP contribution in [0.4, 0.5) is 0 Å². The first-order valence-electron chi connectivity index (χ1n) is 2.33. The molecule has 0 aromatic carbocycles. The molecule has 9 heavy (non-hydrogen) atoms. The Bertz CT molecular complexity index is 119. The molecule has 0 aromatic rings. The number of carboxylic acid groups (broad SMARTS) is 1. The van der Waals surface area contributed by atoms with Gasteiger partial charge in [0.25, 0.3) is 0 Å². The fraction of sp³-hybridized carbons (Fsp3) is 0.600. The van der Waals surface area contributed by atoms with Gasteiger partial charge in [0.2, 0.25) is 5.78 Å². The van der Waals surface area contributed by atoms with E-state index in [1.165, 1.54) is 0 Å². The summed E-state index contributed by atoms with van der Waals surface area (Å²) in [7, 11) is 0. The summed E-state index contributed by atoms with van der Waals surface area (Å²) in [5, 5.41) is 8.00. The van der Waals surface area contributed by atoms with Crippen molar-refractivity contribution in [1.82, 2.24) is 0 Å². The standard InChI is InChI=1S/C5H8O3.Ba.2H/c1-3(2)4(6)5(7)8;;;/h3H,1-2H3,(H,7,8);;;. The fourth-order valence-corrected chi connectivity index (χ4v) is 0.247. The molecule has 0 unspecified atom stereocenters. The van der Waals surface area contributed by atoms with E-state index in [-0.39, 0.29) is 48.9 Å². The van der Waals surface area contributed by atoms with Gasteiger partial charge in [-0.05, 0) is 0 Å². The maximum absolute atomic E-state index is 10.2. The van der Waals surface area contributed by atoms with Gasteiger partial charge in [-0.15, -0.1) is 0 Å². The molecule has 0 amide bonds. The van der Waals surface area contributed by atoms with Crippen LogP contribution in [0.2, 0.25) is 0 Å². The number of rotatable bonds is 2. The molecule has 0 saturated heterocycles. The van der Waals surface area contributed by atoms with Crippen LogP contribution in [0, 0.1) is 5.92 Å². The zero-order valence-corrected chi connectivity index (χ0v) is 4.84. The van der Waals surface area contributed by atoms with Crippen LogP contribution in [0.15, 0.2) is 0 Å². The van der Waals surface area contributed by atoms with Crippen molar-refractivity contribution in [3.8, 4) is 0 Å². The van der Waals surface area contributed by atoms with Crippen molar-refractivity contribution in [2.75, 3.05) is 0 Å². The van der Waals surface area contributed by atoms with E-state index in [2.05, 4.69) is 0 Å². The van der Waals surface area contributed by atoms with Crippen LogP contribution in [-0.4, -0.2) is 65.7 Å². The molecule has 0 bridgehead atoms. The van der Waals surface area contributed by atoms with Crippen LogP contribution in [0.5, 0.6) is 0 Å². The van der Waals surface area contributed by atoms with Crippen LogP contribution in [0.25, 0.3) is 0 Å². The van der Waals surface area contributed by atoms with Crippen molar-refractivity contribution in [2.24, 2.45) is 5.92 Å². The van der Waals surface area contributed by atoms with Gasteiger partial charge in [0, 0.05) is 5.92 Å². The number of ketones is 1. The van der Waals surface area contributed by atoms with Crippen molar-refractivity contribution >= 4 is 60.6 Å². The normalized spacial score (nSPS) is 8.33. The van der Waals surface area contributed by atoms with Gasteiger partial charge in [-0.25, -0.2) is 4.79 Å². The fourth-order valence-electron chi connectivity index (χ4n) is 0.247. The average Bonchev–Trinajstić information content (AvgIpc) is 1.64. The molecule has 0 radical (unpaired) electrons. The van der Waals surface area contributed by atoms with Gasteiger partial charge in [0.05, 0.1) is 0 Å². The van der Waals surface area contributed by atoms with Crippen LogP contribution >= 0.6 is 0 Å². The monoisotopic (exact) mass is 256 g/mol. The Balaban J connectivity index is 0. The zero-order chi connectivity index (χ0) is 6.73. The van der Waals surface area contributed by atoms with Crippen molar-refractivity contribution < 1.29 is 14.7 Å². The number of aliphatic carboxylic acids is 1. The van der Waals surface area contributed by atoms with Gasteiger partial charge < -0.3 is 5.11 Å². The molecule has 1 N–H and O–H groups in total. The molecule has 4 heteroatoms. The molecule has 50 valence electrons. The molecule has 0 saturated carbocycles. The summed E-state index contributed by atoms with van der Waals surface area (Å²) in [4.78, 5) is 20.0. The van der Waals surface area contributed by atoms with E-state index < -0.39 is 17.7 Å². The zero-order valence-electron chi connectivity index (χ0n) is 4.84. The second-order valence-electron chi connectivity index (χ2n) is 1.82. The Labute approximate surface area is 93.9 Å². The Hall–Kier alpha value is 0.711. The molecule has 0 aliphatic rings. The van der Waals surface area contributed by atoms with E-state index in [0.717, 1.165) is 0 Å². The SMILES string of the molecule is CC(C)C(=O)C(=O)O.[BaH2]. The first-order valence-corrected chi connectivity index (χ1v) is 2.33. The average molecular weight is 255 g/mol. The predicted octanol–water partition coefficient (Wildman–Crippen LogP) is -0.620.